The first-order valence-corrected chi connectivity index (χ1v) is 17.4. The van der Waals surface area contributed by atoms with Gasteiger partial charge in [-0.2, -0.15) is 0 Å². The Balaban J connectivity index is 2.26. The van der Waals surface area contributed by atoms with Gasteiger partial charge in [-0.05, 0) is 17.0 Å². The molecule has 14 heteroatoms. The van der Waals surface area contributed by atoms with Crippen molar-refractivity contribution in [2.24, 2.45) is 17.8 Å². The van der Waals surface area contributed by atoms with Gasteiger partial charge >= 0.3 is 17.9 Å². The predicted octanol–water partition coefficient (Wildman–Crippen LogP) is 3.37. The van der Waals surface area contributed by atoms with Crippen LogP contribution in [0.15, 0.2) is 84.3 Å². The smallest absolute Gasteiger partial charge is 0.306 e. The molecule has 2 aromatic carbocycles. The van der Waals surface area contributed by atoms with Crippen LogP contribution in [0, 0.1) is 17.8 Å². The molecule has 0 spiro atoms. The third kappa shape index (κ3) is 15.6. The van der Waals surface area contributed by atoms with Crippen molar-refractivity contribution >= 4 is 45.3 Å². The van der Waals surface area contributed by atoms with E-state index in [1.807, 2.05) is 0 Å². The summed E-state index contributed by atoms with van der Waals surface area (Å²) in [5.41, 5.74) is 1.05. The van der Waals surface area contributed by atoms with Gasteiger partial charge < -0.3 is 25.6 Å². The summed E-state index contributed by atoms with van der Waals surface area (Å²) in [5.74, 6) is -8.25. The number of benzene rings is 2. The van der Waals surface area contributed by atoms with E-state index in [0.29, 0.717) is 11.1 Å². The monoisotopic (exact) mass is 698 g/mol. The third-order valence-corrected chi connectivity index (χ3v) is 7.91. The molecule has 0 unspecified atom stereocenters. The average Bonchev–Trinajstić information content (AvgIpc) is 3.02. The lowest BCUT2D eigenvalue weighted by atomic mass is 9.86. The zero-order valence-electron chi connectivity index (χ0n) is 27.5. The molecular weight excluding hydrogens is 656 g/mol. The van der Waals surface area contributed by atoms with Crippen LogP contribution in [0.4, 0.5) is 0 Å². The molecule has 0 saturated heterocycles. The van der Waals surface area contributed by atoms with Crippen molar-refractivity contribution in [1.82, 2.24) is 10.6 Å². The standard InChI is InChI=1S/C35H42N2O11S/c1-23(2)28(35(45)36-27(20-31(41)42)16-10-11-17-49(3,46)47)21-29(38)33(25-14-8-5-9-15-25)37-34(44)26(18-30(39)40)19-32(43)48-22-24-12-6-4-7-13-24/h4-17,23,26-28,33H,18-22H2,1-3H3,(H,36,45)(H,37,44)(H,39,40)(H,41,42)/b16-10+,17-11+/t26-,27-,28+,33+/m1/s1. The molecule has 49 heavy (non-hydrogen) atoms. The highest BCUT2D eigenvalue weighted by Crippen LogP contribution is 2.24. The second kappa shape index (κ2) is 19.6. The van der Waals surface area contributed by atoms with Crippen LogP contribution in [0.25, 0.3) is 0 Å². The molecule has 13 nitrogen and oxygen atoms in total. The number of amides is 2. The van der Waals surface area contributed by atoms with E-state index in [2.05, 4.69) is 10.6 Å². The maximum Gasteiger partial charge on any atom is 0.306 e. The number of carboxylic acids is 2. The van der Waals surface area contributed by atoms with E-state index in [4.69, 9.17) is 4.74 Å². The summed E-state index contributed by atoms with van der Waals surface area (Å²) in [6.07, 6.45) is 2.60. The molecule has 0 saturated carbocycles. The Bertz CT molecular complexity index is 1620. The molecule has 0 aliphatic carbocycles. The van der Waals surface area contributed by atoms with Gasteiger partial charge in [-0.25, -0.2) is 8.42 Å². The number of allylic oxidation sites excluding steroid dienone is 2. The Morgan fingerprint density at radius 1 is 0.776 bits per heavy atom. The number of aliphatic carboxylic acids is 2. The van der Waals surface area contributed by atoms with E-state index in [9.17, 15) is 47.4 Å². The van der Waals surface area contributed by atoms with Gasteiger partial charge in [0.1, 0.15) is 12.6 Å². The van der Waals surface area contributed by atoms with E-state index in [-0.39, 0.29) is 13.0 Å². The molecule has 0 aromatic heterocycles. The van der Waals surface area contributed by atoms with E-state index < -0.39 is 94.4 Å². The van der Waals surface area contributed by atoms with Crippen LogP contribution in [0.1, 0.15) is 56.7 Å². The number of hydrogen-bond acceptors (Lipinski definition) is 9. The number of ketones is 1. The second-order valence-corrected chi connectivity index (χ2v) is 13.7. The number of nitrogens with one attached hydrogen (secondary N) is 2. The molecule has 0 heterocycles. The van der Waals surface area contributed by atoms with E-state index in [1.165, 1.54) is 18.2 Å². The molecule has 0 radical (unpaired) electrons. The van der Waals surface area contributed by atoms with Crippen LogP contribution < -0.4 is 10.6 Å². The minimum atomic E-state index is -3.43. The van der Waals surface area contributed by atoms with Gasteiger partial charge in [-0.3, -0.25) is 28.8 Å². The first-order valence-electron chi connectivity index (χ1n) is 15.4. The molecule has 2 rings (SSSR count). The zero-order chi connectivity index (χ0) is 36.6. The SMILES string of the molecule is CC(C)[C@H](CC(=O)[C@@H](NC(=O)[C@H](CC(=O)O)CC(=O)OCc1ccccc1)c1ccccc1)C(=O)N[C@H](/C=C/C=C/S(C)(=O)=O)CC(=O)O. The summed E-state index contributed by atoms with van der Waals surface area (Å²) in [6, 6.07) is 14.5. The lowest BCUT2D eigenvalue weighted by Crippen LogP contribution is -2.43. The maximum atomic E-state index is 13.8. The van der Waals surface area contributed by atoms with Crippen LogP contribution >= 0.6 is 0 Å². The number of Topliss-reactive ketones (excluding diaryl/α,β-unsaturated/α-hetero) is 1. The van der Waals surface area contributed by atoms with Gasteiger partial charge in [0.25, 0.3) is 0 Å². The topological polar surface area (TPSA) is 210 Å². The Labute approximate surface area is 285 Å². The predicted molar refractivity (Wildman–Crippen MR) is 179 cm³/mol. The Morgan fingerprint density at radius 2 is 1.37 bits per heavy atom. The number of hydrogen-bond donors (Lipinski definition) is 4. The number of carbonyl (C=O) groups excluding carboxylic acids is 4. The molecule has 0 aliphatic heterocycles. The minimum absolute atomic E-state index is 0.0780. The summed E-state index contributed by atoms with van der Waals surface area (Å²) in [7, 11) is -3.43. The van der Waals surface area contributed by atoms with Crippen molar-refractivity contribution in [3.63, 3.8) is 0 Å². The van der Waals surface area contributed by atoms with Gasteiger partial charge in [-0.1, -0.05) is 92.7 Å². The normalized spacial score (nSPS) is 14.1. The van der Waals surface area contributed by atoms with Gasteiger partial charge in [0.2, 0.25) is 11.8 Å². The quantitative estimate of drug-likeness (QED) is 0.116. The summed E-state index contributed by atoms with van der Waals surface area (Å²) in [4.78, 5) is 76.3. The summed E-state index contributed by atoms with van der Waals surface area (Å²) in [5, 5.41) is 24.9. The van der Waals surface area contributed by atoms with Gasteiger partial charge in [0.15, 0.2) is 15.6 Å². The number of rotatable bonds is 20. The maximum absolute atomic E-state index is 13.8. The van der Waals surface area contributed by atoms with E-state index in [1.54, 1.807) is 74.5 Å². The molecule has 2 amide bonds. The van der Waals surface area contributed by atoms with Gasteiger partial charge in [0.05, 0.1) is 31.2 Å². The molecule has 0 aliphatic rings. The first-order chi connectivity index (χ1) is 23.1. The van der Waals surface area contributed by atoms with Crippen molar-refractivity contribution in [2.75, 3.05) is 6.26 Å². The highest BCUT2D eigenvalue weighted by molar-refractivity contribution is 7.93. The molecule has 4 atom stereocenters. The summed E-state index contributed by atoms with van der Waals surface area (Å²) in [6.45, 7) is 3.30. The number of carbonyl (C=O) groups is 6. The third-order valence-electron chi connectivity index (χ3n) is 7.25. The Kier molecular flexibility index (Phi) is 16.1. The van der Waals surface area contributed by atoms with Crippen molar-refractivity contribution in [2.45, 2.75) is 58.2 Å². The molecule has 2 aromatic rings. The van der Waals surface area contributed by atoms with E-state index >= 15 is 0 Å². The fourth-order valence-corrected chi connectivity index (χ4v) is 5.10. The largest absolute Gasteiger partial charge is 0.481 e. The molecule has 0 fully saturated rings. The van der Waals surface area contributed by atoms with Crippen LogP contribution in [0.2, 0.25) is 0 Å². The highest BCUT2D eigenvalue weighted by Gasteiger charge is 2.34. The molecular formula is C35H42N2O11S. The lowest BCUT2D eigenvalue weighted by molar-refractivity contribution is -0.150. The van der Waals surface area contributed by atoms with Crippen LogP contribution in [0.3, 0.4) is 0 Å². The number of sulfone groups is 1. The highest BCUT2D eigenvalue weighted by atomic mass is 32.2. The van der Waals surface area contributed by atoms with Crippen molar-refractivity contribution in [1.29, 1.82) is 0 Å². The number of carboxylic acid groups (broad SMARTS) is 2. The molecule has 4 N–H and O–H groups in total. The summed E-state index contributed by atoms with van der Waals surface area (Å²) >= 11 is 0. The average molecular weight is 699 g/mol. The summed E-state index contributed by atoms with van der Waals surface area (Å²) < 4.78 is 27.9. The van der Waals surface area contributed by atoms with Crippen molar-refractivity contribution < 1.29 is 52.1 Å². The van der Waals surface area contributed by atoms with Crippen LogP contribution in [0.5, 0.6) is 0 Å². The van der Waals surface area contributed by atoms with Crippen LogP contribution in [-0.4, -0.2) is 66.4 Å². The van der Waals surface area contributed by atoms with Crippen molar-refractivity contribution in [3.8, 4) is 0 Å². The molecule has 0 bridgehead atoms. The fourth-order valence-electron chi connectivity index (χ4n) is 4.72. The lowest BCUT2D eigenvalue weighted by Gasteiger charge is -2.26. The zero-order valence-corrected chi connectivity index (χ0v) is 28.3. The first kappa shape index (κ1) is 40.1. The van der Waals surface area contributed by atoms with E-state index in [0.717, 1.165) is 11.7 Å². The Hall–Kier alpha value is -5.11. The van der Waals surface area contributed by atoms with Gasteiger partial charge in [-0.15, -0.1) is 0 Å². The molecule has 264 valence electrons. The Morgan fingerprint density at radius 3 is 1.92 bits per heavy atom. The number of esters is 1. The number of ether oxygens (including phenoxy) is 1. The second-order valence-electron chi connectivity index (χ2n) is 11.8. The fraction of sp³-hybridized carbons (Fsp3) is 0.371. The van der Waals surface area contributed by atoms with Crippen LogP contribution in [-0.2, 0) is 49.9 Å². The van der Waals surface area contributed by atoms with Crippen molar-refractivity contribution in [3.05, 3.63) is 95.4 Å². The van der Waals surface area contributed by atoms with Gasteiger partial charge in [0, 0.05) is 24.0 Å². The minimum Gasteiger partial charge on any atom is -0.481 e.